The molecule has 0 radical (unpaired) electrons. The smallest absolute Gasteiger partial charge is 0.325 e. The van der Waals surface area contributed by atoms with Crippen LogP contribution < -0.4 is 0 Å². The molecule has 1 rings (SSSR count). The summed E-state index contributed by atoms with van der Waals surface area (Å²) in [4.78, 5) is 21.5. The van der Waals surface area contributed by atoms with Crippen LogP contribution in [0.2, 0.25) is 0 Å². The molecule has 0 aliphatic carbocycles. The maximum Gasteiger partial charge on any atom is 0.325 e. The molecule has 0 aromatic carbocycles. The minimum absolute atomic E-state index is 0.156. The molecule has 1 heterocycles. The largest absolute Gasteiger partial charge is 0.434 e. The summed E-state index contributed by atoms with van der Waals surface area (Å²) in [6, 6.07) is 0. The van der Waals surface area contributed by atoms with Crippen molar-refractivity contribution in [3.05, 3.63) is 11.8 Å². The van der Waals surface area contributed by atoms with Gasteiger partial charge >= 0.3 is 5.97 Å². The molecule has 0 saturated heterocycles. The SMILES string of the molecule is CC(=O)[C@@H]1C(=O)OC=C1C. The second kappa shape index (κ2) is 2.25. The van der Waals surface area contributed by atoms with Crippen molar-refractivity contribution in [2.45, 2.75) is 13.8 Å². The van der Waals surface area contributed by atoms with Gasteiger partial charge < -0.3 is 4.74 Å². The molecule has 3 nitrogen and oxygen atoms in total. The molecule has 0 spiro atoms. The van der Waals surface area contributed by atoms with Gasteiger partial charge in [0.1, 0.15) is 11.7 Å². The average molecular weight is 140 g/mol. The van der Waals surface area contributed by atoms with Crippen molar-refractivity contribution < 1.29 is 14.3 Å². The van der Waals surface area contributed by atoms with Crippen molar-refractivity contribution in [3.63, 3.8) is 0 Å². The van der Waals surface area contributed by atoms with E-state index in [1.807, 2.05) is 0 Å². The lowest BCUT2D eigenvalue weighted by molar-refractivity contribution is -0.142. The van der Waals surface area contributed by atoms with E-state index in [4.69, 9.17) is 0 Å². The second-order valence-corrected chi connectivity index (χ2v) is 2.34. The Hall–Kier alpha value is -1.12. The maximum atomic E-state index is 10.7. The quantitative estimate of drug-likeness (QED) is 0.396. The van der Waals surface area contributed by atoms with Gasteiger partial charge in [-0.15, -0.1) is 0 Å². The highest BCUT2D eigenvalue weighted by molar-refractivity contribution is 6.02. The Morgan fingerprint density at radius 1 is 1.70 bits per heavy atom. The molecule has 0 bridgehead atoms. The molecule has 0 amide bonds. The van der Waals surface area contributed by atoms with E-state index in [1.165, 1.54) is 13.2 Å². The highest BCUT2D eigenvalue weighted by atomic mass is 16.5. The average Bonchev–Trinajstić information content (AvgIpc) is 2.11. The highest BCUT2D eigenvalue weighted by Crippen LogP contribution is 2.19. The molecular weight excluding hydrogens is 132 g/mol. The monoisotopic (exact) mass is 140 g/mol. The van der Waals surface area contributed by atoms with Gasteiger partial charge in [-0.05, 0) is 19.4 Å². The Labute approximate surface area is 58.7 Å². The van der Waals surface area contributed by atoms with Crippen LogP contribution in [-0.2, 0) is 14.3 Å². The van der Waals surface area contributed by atoms with Crippen LogP contribution in [0.5, 0.6) is 0 Å². The Bertz CT molecular complexity index is 215. The first-order valence-corrected chi connectivity index (χ1v) is 3.00. The summed E-state index contributed by atoms with van der Waals surface area (Å²) in [5, 5.41) is 0. The lowest BCUT2D eigenvalue weighted by Crippen LogP contribution is -2.18. The van der Waals surface area contributed by atoms with Crippen LogP contribution in [0.3, 0.4) is 0 Å². The zero-order valence-electron chi connectivity index (χ0n) is 5.88. The van der Waals surface area contributed by atoms with Gasteiger partial charge in [0.2, 0.25) is 0 Å². The summed E-state index contributed by atoms with van der Waals surface area (Å²) in [5.41, 5.74) is 0.692. The van der Waals surface area contributed by atoms with Crippen LogP contribution in [0.1, 0.15) is 13.8 Å². The molecule has 0 unspecified atom stereocenters. The van der Waals surface area contributed by atoms with E-state index in [1.54, 1.807) is 6.92 Å². The summed E-state index contributed by atoms with van der Waals surface area (Å²) in [7, 11) is 0. The molecule has 0 saturated carbocycles. The molecule has 1 aliphatic rings. The molecule has 0 aromatic rings. The standard InChI is InChI=1S/C7H8O3/c1-4-3-10-7(9)6(4)5(2)8/h3,6H,1-2H3/t6-/m1/s1. The van der Waals surface area contributed by atoms with Crippen LogP contribution >= 0.6 is 0 Å². The van der Waals surface area contributed by atoms with Gasteiger partial charge in [0.05, 0.1) is 6.26 Å². The van der Waals surface area contributed by atoms with E-state index in [9.17, 15) is 9.59 Å². The first-order valence-electron chi connectivity index (χ1n) is 3.00. The van der Waals surface area contributed by atoms with Crippen LogP contribution in [0.25, 0.3) is 0 Å². The third-order valence-corrected chi connectivity index (χ3v) is 1.46. The third kappa shape index (κ3) is 0.943. The van der Waals surface area contributed by atoms with Crippen molar-refractivity contribution in [2.24, 2.45) is 5.92 Å². The minimum atomic E-state index is -0.639. The molecule has 54 valence electrons. The van der Waals surface area contributed by atoms with Crippen LogP contribution in [-0.4, -0.2) is 11.8 Å². The van der Waals surface area contributed by atoms with Gasteiger partial charge in [-0.3, -0.25) is 9.59 Å². The fraction of sp³-hybridized carbons (Fsp3) is 0.429. The summed E-state index contributed by atoms with van der Waals surface area (Å²) < 4.78 is 4.52. The Balaban J connectivity index is 2.84. The van der Waals surface area contributed by atoms with Crippen LogP contribution in [0.4, 0.5) is 0 Å². The normalized spacial score (nSPS) is 24.0. The second-order valence-electron chi connectivity index (χ2n) is 2.34. The number of ether oxygens (including phenoxy) is 1. The van der Waals surface area contributed by atoms with Crippen molar-refractivity contribution in [2.75, 3.05) is 0 Å². The number of cyclic esters (lactones) is 1. The van der Waals surface area contributed by atoms with Gasteiger partial charge in [0, 0.05) is 0 Å². The molecular formula is C7H8O3. The molecule has 10 heavy (non-hydrogen) atoms. The predicted octanol–water partition coefficient (Wildman–Crippen LogP) is 0.652. The lowest BCUT2D eigenvalue weighted by atomic mass is 10.00. The van der Waals surface area contributed by atoms with Gasteiger partial charge in [-0.1, -0.05) is 0 Å². The molecule has 0 aromatic heterocycles. The number of hydrogen-bond acceptors (Lipinski definition) is 3. The van der Waals surface area contributed by atoms with E-state index in [0.717, 1.165) is 0 Å². The Kier molecular flexibility index (Phi) is 1.57. The van der Waals surface area contributed by atoms with Gasteiger partial charge in [-0.25, -0.2) is 0 Å². The summed E-state index contributed by atoms with van der Waals surface area (Å²) >= 11 is 0. The van der Waals surface area contributed by atoms with Gasteiger partial charge in [0.15, 0.2) is 0 Å². The van der Waals surface area contributed by atoms with Crippen molar-refractivity contribution in [3.8, 4) is 0 Å². The highest BCUT2D eigenvalue weighted by Gasteiger charge is 2.31. The number of esters is 1. The number of rotatable bonds is 1. The summed E-state index contributed by atoms with van der Waals surface area (Å²) in [6.07, 6.45) is 1.33. The minimum Gasteiger partial charge on any atom is -0.434 e. The maximum absolute atomic E-state index is 10.7. The zero-order valence-corrected chi connectivity index (χ0v) is 5.88. The molecule has 1 atom stereocenters. The fourth-order valence-corrected chi connectivity index (χ4v) is 0.960. The lowest BCUT2D eigenvalue weighted by Gasteiger charge is -2.00. The number of carbonyl (C=O) groups excluding carboxylic acids is 2. The first-order chi connectivity index (χ1) is 4.63. The molecule has 0 N–H and O–H groups in total. The van der Waals surface area contributed by atoms with Crippen molar-refractivity contribution >= 4 is 11.8 Å². The fourth-order valence-electron chi connectivity index (χ4n) is 0.960. The number of Topliss-reactive ketones (excluding diaryl/α,β-unsaturated/α-hetero) is 1. The Morgan fingerprint density at radius 3 is 2.50 bits per heavy atom. The summed E-state index contributed by atoms with van der Waals surface area (Å²) in [6.45, 7) is 3.09. The van der Waals surface area contributed by atoms with E-state index < -0.39 is 11.9 Å². The van der Waals surface area contributed by atoms with E-state index in [2.05, 4.69) is 4.74 Å². The van der Waals surface area contributed by atoms with Crippen molar-refractivity contribution in [1.29, 1.82) is 0 Å². The third-order valence-electron chi connectivity index (χ3n) is 1.46. The Morgan fingerprint density at radius 2 is 2.30 bits per heavy atom. The van der Waals surface area contributed by atoms with Crippen LogP contribution in [0.15, 0.2) is 11.8 Å². The summed E-state index contributed by atoms with van der Waals surface area (Å²) in [5.74, 6) is -1.25. The van der Waals surface area contributed by atoms with Gasteiger partial charge in [0.25, 0.3) is 0 Å². The number of hydrogen-bond donors (Lipinski definition) is 0. The zero-order chi connectivity index (χ0) is 7.72. The predicted molar refractivity (Wildman–Crippen MR) is 34.0 cm³/mol. The van der Waals surface area contributed by atoms with Gasteiger partial charge in [-0.2, -0.15) is 0 Å². The van der Waals surface area contributed by atoms with Crippen LogP contribution in [0, 0.1) is 5.92 Å². The molecule has 1 aliphatic heterocycles. The first kappa shape index (κ1) is 6.99. The molecule has 3 heteroatoms. The molecule has 0 fully saturated rings. The van der Waals surface area contributed by atoms with Crippen molar-refractivity contribution in [1.82, 2.24) is 0 Å². The topological polar surface area (TPSA) is 43.4 Å². The number of carbonyl (C=O) groups is 2. The van der Waals surface area contributed by atoms with E-state index in [-0.39, 0.29) is 5.78 Å². The number of ketones is 1. The van der Waals surface area contributed by atoms with E-state index in [0.29, 0.717) is 5.57 Å². The van der Waals surface area contributed by atoms with E-state index >= 15 is 0 Å².